The van der Waals surface area contributed by atoms with E-state index in [-0.39, 0.29) is 5.54 Å². The second-order valence-electron chi connectivity index (χ2n) is 7.35. The van der Waals surface area contributed by atoms with Crippen molar-refractivity contribution in [1.82, 2.24) is 10.2 Å². The highest BCUT2D eigenvalue weighted by atomic mass is 16.5. The standard InChI is InChI=1S/C22H28N2O2/c1-2-8-19(9-3-1)12-13-23-16-22(24-14-6-7-15-24)17-25-20-10-4-5-11-21(20)26-18-22/h1-5,8-11,23H,6-7,12-18H2. The first kappa shape index (κ1) is 17.4. The highest BCUT2D eigenvalue weighted by molar-refractivity contribution is 5.40. The summed E-state index contributed by atoms with van der Waals surface area (Å²) >= 11 is 0. The van der Waals surface area contributed by atoms with Crippen LogP contribution in [0.15, 0.2) is 54.6 Å². The van der Waals surface area contributed by atoms with Crippen LogP contribution >= 0.6 is 0 Å². The number of para-hydroxylation sites is 2. The van der Waals surface area contributed by atoms with Gasteiger partial charge in [-0.05, 0) is 56.6 Å². The molecular formula is C22H28N2O2. The van der Waals surface area contributed by atoms with Crippen molar-refractivity contribution in [2.75, 3.05) is 39.4 Å². The lowest BCUT2D eigenvalue weighted by molar-refractivity contribution is 0.0319. The van der Waals surface area contributed by atoms with Gasteiger partial charge in [-0.2, -0.15) is 0 Å². The Bertz CT molecular complexity index is 671. The molecule has 1 N–H and O–H groups in total. The van der Waals surface area contributed by atoms with Gasteiger partial charge in [0, 0.05) is 6.54 Å². The Hall–Kier alpha value is -2.04. The fraction of sp³-hybridized carbons (Fsp3) is 0.455. The largest absolute Gasteiger partial charge is 0.488 e. The third-order valence-corrected chi connectivity index (χ3v) is 5.51. The molecule has 1 saturated heterocycles. The number of likely N-dealkylation sites (tertiary alicyclic amines) is 1. The van der Waals surface area contributed by atoms with Crippen molar-refractivity contribution in [3.63, 3.8) is 0 Å². The molecule has 2 aromatic rings. The van der Waals surface area contributed by atoms with Crippen LogP contribution in [0.25, 0.3) is 0 Å². The van der Waals surface area contributed by atoms with E-state index >= 15 is 0 Å². The first-order valence-corrected chi connectivity index (χ1v) is 9.70. The summed E-state index contributed by atoms with van der Waals surface area (Å²) in [7, 11) is 0. The Morgan fingerprint density at radius 2 is 1.46 bits per heavy atom. The van der Waals surface area contributed by atoms with E-state index in [1.807, 2.05) is 24.3 Å². The molecule has 0 amide bonds. The Morgan fingerprint density at radius 3 is 2.12 bits per heavy atom. The molecule has 4 nitrogen and oxygen atoms in total. The van der Waals surface area contributed by atoms with Crippen LogP contribution in [-0.4, -0.2) is 49.8 Å². The van der Waals surface area contributed by atoms with E-state index in [0.717, 1.165) is 44.1 Å². The molecule has 0 spiro atoms. The van der Waals surface area contributed by atoms with E-state index in [1.165, 1.54) is 18.4 Å². The van der Waals surface area contributed by atoms with Crippen molar-refractivity contribution in [3.05, 3.63) is 60.2 Å². The average molecular weight is 352 g/mol. The normalized spacial score (nSPS) is 19.2. The maximum absolute atomic E-state index is 6.19. The van der Waals surface area contributed by atoms with Gasteiger partial charge in [0.2, 0.25) is 0 Å². The van der Waals surface area contributed by atoms with Gasteiger partial charge in [0.15, 0.2) is 11.5 Å². The van der Waals surface area contributed by atoms with Gasteiger partial charge < -0.3 is 14.8 Å². The Morgan fingerprint density at radius 1 is 0.846 bits per heavy atom. The van der Waals surface area contributed by atoms with Crippen molar-refractivity contribution in [1.29, 1.82) is 0 Å². The molecule has 0 radical (unpaired) electrons. The van der Waals surface area contributed by atoms with Crippen LogP contribution in [0, 0.1) is 0 Å². The molecule has 0 bridgehead atoms. The zero-order chi connectivity index (χ0) is 17.7. The molecule has 0 saturated carbocycles. The van der Waals surface area contributed by atoms with Crippen molar-refractivity contribution >= 4 is 0 Å². The molecule has 2 aliphatic heterocycles. The summed E-state index contributed by atoms with van der Waals surface area (Å²) in [6.07, 6.45) is 3.57. The number of fused-ring (bicyclic) bond motifs is 1. The van der Waals surface area contributed by atoms with Crippen molar-refractivity contribution in [3.8, 4) is 11.5 Å². The lowest BCUT2D eigenvalue weighted by Crippen LogP contribution is -2.60. The van der Waals surface area contributed by atoms with Gasteiger partial charge in [0.25, 0.3) is 0 Å². The van der Waals surface area contributed by atoms with Gasteiger partial charge in [-0.1, -0.05) is 42.5 Å². The van der Waals surface area contributed by atoms with E-state index in [4.69, 9.17) is 9.47 Å². The highest BCUT2D eigenvalue weighted by Crippen LogP contribution is 2.33. The van der Waals surface area contributed by atoms with Crippen molar-refractivity contribution in [2.24, 2.45) is 0 Å². The van der Waals surface area contributed by atoms with E-state index in [0.29, 0.717) is 13.2 Å². The predicted octanol–water partition coefficient (Wildman–Crippen LogP) is 3.12. The second-order valence-corrected chi connectivity index (χ2v) is 7.35. The van der Waals surface area contributed by atoms with Crippen LogP contribution in [0.3, 0.4) is 0 Å². The molecular weight excluding hydrogens is 324 g/mol. The average Bonchev–Trinajstić information content (AvgIpc) is 3.17. The Labute approximate surface area is 156 Å². The third kappa shape index (κ3) is 3.87. The van der Waals surface area contributed by atoms with Crippen molar-refractivity contribution in [2.45, 2.75) is 24.8 Å². The summed E-state index contributed by atoms with van der Waals surface area (Å²) in [5, 5.41) is 3.67. The smallest absolute Gasteiger partial charge is 0.161 e. The maximum atomic E-state index is 6.19. The quantitative estimate of drug-likeness (QED) is 0.810. The number of hydrogen-bond donors (Lipinski definition) is 1. The summed E-state index contributed by atoms with van der Waals surface area (Å²) in [5.41, 5.74) is 1.27. The fourth-order valence-corrected chi connectivity index (χ4v) is 3.94. The number of nitrogens with zero attached hydrogens (tertiary/aromatic N) is 1. The maximum Gasteiger partial charge on any atom is 0.161 e. The Balaban J connectivity index is 1.41. The summed E-state index contributed by atoms with van der Waals surface area (Å²) in [5.74, 6) is 1.72. The summed E-state index contributed by atoms with van der Waals surface area (Å²) in [6, 6.07) is 18.6. The zero-order valence-electron chi connectivity index (χ0n) is 15.3. The van der Waals surface area contributed by atoms with Gasteiger partial charge in [-0.25, -0.2) is 0 Å². The number of nitrogens with one attached hydrogen (secondary N) is 1. The van der Waals surface area contributed by atoms with E-state index < -0.39 is 0 Å². The third-order valence-electron chi connectivity index (χ3n) is 5.51. The van der Waals surface area contributed by atoms with Crippen LogP contribution in [-0.2, 0) is 6.42 Å². The molecule has 2 heterocycles. The Kier molecular flexibility index (Phi) is 5.42. The van der Waals surface area contributed by atoms with Gasteiger partial charge in [0.05, 0.1) is 0 Å². The molecule has 138 valence electrons. The van der Waals surface area contributed by atoms with Gasteiger partial charge in [-0.3, -0.25) is 4.90 Å². The van der Waals surface area contributed by atoms with E-state index in [2.05, 4.69) is 40.5 Å². The van der Waals surface area contributed by atoms with Crippen LogP contribution in [0.4, 0.5) is 0 Å². The molecule has 4 rings (SSSR count). The fourth-order valence-electron chi connectivity index (χ4n) is 3.94. The minimum absolute atomic E-state index is 0.105. The summed E-state index contributed by atoms with van der Waals surface area (Å²) in [6.45, 7) is 5.44. The molecule has 0 unspecified atom stereocenters. The van der Waals surface area contributed by atoms with Crippen LogP contribution in [0.1, 0.15) is 18.4 Å². The number of hydrogen-bond acceptors (Lipinski definition) is 4. The molecule has 1 fully saturated rings. The summed E-state index contributed by atoms with van der Waals surface area (Å²) < 4.78 is 12.4. The topological polar surface area (TPSA) is 33.7 Å². The lowest BCUT2D eigenvalue weighted by atomic mass is 9.99. The molecule has 26 heavy (non-hydrogen) atoms. The summed E-state index contributed by atoms with van der Waals surface area (Å²) in [4.78, 5) is 2.56. The molecule has 2 aromatic carbocycles. The van der Waals surface area contributed by atoms with E-state index in [1.54, 1.807) is 0 Å². The molecule has 2 aliphatic rings. The van der Waals surface area contributed by atoms with Gasteiger partial charge >= 0.3 is 0 Å². The number of ether oxygens (including phenoxy) is 2. The minimum Gasteiger partial charge on any atom is -0.488 e. The SMILES string of the molecule is c1ccc(CCNCC2(N3CCCC3)COc3ccccc3OC2)cc1. The van der Waals surface area contributed by atoms with Gasteiger partial charge in [0.1, 0.15) is 18.8 Å². The zero-order valence-corrected chi connectivity index (χ0v) is 15.3. The predicted molar refractivity (Wildman–Crippen MR) is 104 cm³/mol. The monoisotopic (exact) mass is 352 g/mol. The van der Waals surface area contributed by atoms with Crippen LogP contribution in [0.2, 0.25) is 0 Å². The second kappa shape index (κ2) is 8.11. The molecule has 0 atom stereocenters. The number of rotatable bonds is 6. The van der Waals surface area contributed by atoms with Crippen molar-refractivity contribution < 1.29 is 9.47 Å². The first-order valence-electron chi connectivity index (χ1n) is 9.70. The molecule has 4 heteroatoms. The number of benzene rings is 2. The first-order chi connectivity index (χ1) is 12.9. The molecule has 0 aromatic heterocycles. The minimum atomic E-state index is -0.105. The van der Waals surface area contributed by atoms with E-state index in [9.17, 15) is 0 Å². The lowest BCUT2D eigenvalue weighted by Gasteiger charge is -2.40. The van der Waals surface area contributed by atoms with Crippen LogP contribution in [0.5, 0.6) is 11.5 Å². The highest BCUT2D eigenvalue weighted by Gasteiger charge is 2.41. The van der Waals surface area contributed by atoms with Crippen LogP contribution < -0.4 is 14.8 Å². The van der Waals surface area contributed by atoms with Gasteiger partial charge in [-0.15, -0.1) is 0 Å². The molecule has 0 aliphatic carbocycles.